The summed E-state index contributed by atoms with van der Waals surface area (Å²) in [6.45, 7) is 0. The van der Waals surface area contributed by atoms with Crippen LogP contribution in [0.1, 0.15) is 0 Å². The first-order chi connectivity index (χ1) is 7.29. The third kappa shape index (κ3) is 1.80. The lowest BCUT2D eigenvalue weighted by Gasteiger charge is -2.00. The van der Waals surface area contributed by atoms with Gasteiger partial charge < -0.3 is 0 Å². The summed E-state index contributed by atoms with van der Waals surface area (Å²) >= 11 is 0. The molecule has 0 amide bonds. The maximum Gasteiger partial charge on any atom is 0.277 e. The number of hydrogen-bond acceptors (Lipinski definition) is 4. The standard InChI is InChI=1S/C10H7N3O2/c14-13(15)10-4-2-1-3-9(10)8-5-11-7-12-6-8/h1-7H. The molecule has 5 heteroatoms. The highest BCUT2D eigenvalue weighted by Gasteiger charge is 2.13. The Bertz CT molecular complexity index is 485. The van der Waals surface area contributed by atoms with Crippen molar-refractivity contribution in [1.82, 2.24) is 9.97 Å². The second-order valence-electron chi connectivity index (χ2n) is 2.90. The van der Waals surface area contributed by atoms with Crippen molar-refractivity contribution in [3.05, 3.63) is 53.1 Å². The molecule has 2 rings (SSSR count). The Balaban J connectivity index is 2.58. The minimum absolute atomic E-state index is 0.0623. The Morgan fingerprint density at radius 1 is 1.13 bits per heavy atom. The molecule has 0 radical (unpaired) electrons. The van der Waals surface area contributed by atoms with Gasteiger partial charge in [0, 0.05) is 24.0 Å². The van der Waals surface area contributed by atoms with Gasteiger partial charge in [-0.05, 0) is 6.07 Å². The molecule has 0 N–H and O–H groups in total. The molecule has 15 heavy (non-hydrogen) atoms. The molecule has 5 nitrogen and oxygen atoms in total. The fourth-order valence-corrected chi connectivity index (χ4v) is 1.32. The molecule has 0 aliphatic heterocycles. The third-order valence-corrected chi connectivity index (χ3v) is 1.97. The van der Waals surface area contributed by atoms with Gasteiger partial charge in [-0.1, -0.05) is 12.1 Å². The van der Waals surface area contributed by atoms with E-state index >= 15 is 0 Å². The van der Waals surface area contributed by atoms with Crippen LogP contribution in [0.25, 0.3) is 11.1 Å². The van der Waals surface area contributed by atoms with Gasteiger partial charge in [0.1, 0.15) is 6.33 Å². The van der Waals surface area contributed by atoms with Crippen molar-refractivity contribution in [3.8, 4) is 11.1 Å². The van der Waals surface area contributed by atoms with Gasteiger partial charge in [0.15, 0.2) is 0 Å². The lowest BCUT2D eigenvalue weighted by molar-refractivity contribution is -0.384. The third-order valence-electron chi connectivity index (χ3n) is 1.97. The Kier molecular flexibility index (Phi) is 2.37. The molecule has 0 unspecified atom stereocenters. The van der Waals surface area contributed by atoms with Crippen LogP contribution >= 0.6 is 0 Å². The van der Waals surface area contributed by atoms with Crippen molar-refractivity contribution in [3.63, 3.8) is 0 Å². The summed E-state index contributed by atoms with van der Waals surface area (Å²) < 4.78 is 0. The molecule has 0 saturated carbocycles. The first-order valence-electron chi connectivity index (χ1n) is 4.28. The summed E-state index contributed by atoms with van der Waals surface area (Å²) in [4.78, 5) is 18.0. The van der Waals surface area contributed by atoms with Gasteiger partial charge >= 0.3 is 0 Å². The van der Waals surface area contributed by atoms with Crippen molar-refractivity contribution < 1.29 is 4.92 Å². The quantitative estimate of drug-likeness (QED) is 0.550. The predicted octanol–water partition coefficient (Wildman–Crippen LogP) is 2.05. The molecule has 0 aliphatic rings. The summed E-state index contributed by atoms with van der Waals surface area (Å²) in [7, 11) is 0. The lowest BCUT2D eigenvalue weighted by atomic mass is 10.1. The van der Waals surface area contributed by atoms with Crippen LogP contribution in [0.5, 0.6) is 0 Å². The second kappa shape index (κ2) is 3.83. The van der Waals surface area contributed by atoms with E-state index in [-0.39, 0.29) is 5.69 Å². The molecule has 0 aliphatic carbocycles. The van der Waals surface area contributed by atoms with Crippen molar-refractivity contribution in [2.24, 2.45) is 0 Å². The second-order valence-corrected chi connectivity index (χ2v) is 2.90. The van der Waals surface area contributed by atoms with Gasteiger partial charge in [-0.3, -0.25) is 10.1 Å². The van der Waals surface area contributed by atoms with E-state index in [0.29, 0.717) is 11.1 Å². The van der Waals surface area contributed by atoms with Crippen LogP contribution < -0.4 is 0 Å². The average molecular weight is 201 g/mol. The summed E-state index contributed by atoms with van der Waals surface area (Å²) in [5, 5.41) is 10.8. The normalized spacial score (nSPS) is 9.87. The highest BCUT2D eigenvalue weighted by atomic mass is 16.6. The summed E-state index contributed by atoms with van der Waals surface area (Å²) in [5.41, 5.74) is 1.24. The Morgan fingerprint density at radius 3 is 2.47 bits per heavy atom. The maximum absolute atomic E-state index is 10.8. The number of nitrogens with zero attached hydrogens (tertiary/aromatic N) is 3. The minimum atomic E-state index is -0.414. The van der Waals surface area contributed by atoms with Crippen LogP contribution in [-0.4, -0.2) is 14.9 Å². The Morgan fingerprint density at radius 2 is 1.80 bits per heavy atom. The van der Waals surface area contributed by atoms with Crippen LogP contribution in [0.2, 0.25) is 0 Å². The van der Waals surface area contributed by atoms with Crippen molar-refractivity contribution in [2.75, 3.05) is 0 Å². The van der Waals surface area contributed by atoms with Crippen LogP contribution in [-0.2, 0) is 0 Å². The van der Waals surface area contributed by atoms with E-state index in [4.69, 9.17) is 0 Å². The minimum Gasteiger partial charge on any atom is -0.258 e. The largest absolute Gasteiger partial charge is 0.277 e. The highest BCUT2D eigenvalue weighted by Crippen LogP contribution is 2.27. The van der Waals surface area contributed by atoms with E-state index in [2.05, 4.69) is 9.97 Å². The van der Waals surface area contributed by atoms with Crippen LogP contribution in [0.3, 0.4) is 0 Å². The number of para-hydroxylation sites is 1. The topological polar surface area (TPSA) is 68.9 Å². The molecule has 1 heterocycles. The molecular formula is C10H7N3O2. The molecule has 1 aromatic carbocycles. The first-order valence-corrected chi connectivity index (χ1v) is 4.28. The zero-order valence-corrected chi connectivity index (χ0v) is 7.70. The number of rotatable bonds is 2. The SMILES string of the molecule is O=[N+]([O-])c1ccccc1-c1cncnc1. The molecule has 0 saturated heterocycles. The van der Waals surface area contributed by atoms with Gasteiger partial charge in [0.2, 0.25) is 0 Å². The molecule has 0 spiro atoms. The number of hydrogen-bond donors (Lipinski definition) is 0. The van der Waals surface area contributed by atoms with Gasteiger partial charge in [-0.25, -0.2) is 9.97 Å². The number of benzene rings is 1. The van der Waals surface area contributed by atoms with E-state index < -0.39 is 4.92 Å². The number of nitro groups is 1. The summed E-state index contributed by atoms with van der Waals surface area (Å²) in [6.07, 6.45) is 4.49. The maximum atomic E-state index is 10.8. The van der Waals surface area contributed by atoms with E-state index in [1.807, 2.05) is 0 Å². The summed E-state index contributed by atoms with van der Waals surface area (Å²) in [5.74, 6) is 0. The van der Waals surface area contributed by atoms with E-state index in [1.54, 1.807) is 30.6 Å². The fourth-order valence-electron chi connectivity index (χ4n) is 1.32. The molecule has 2 aromatic rings. The number of aromatic nitrogens is 2. The molecule has 0 atom stereocenters. The van der Waals surface area contributed by atoms with Crippen LogP contribution in [0, 0.1) is 10.1 Å². The van der Waals surface area contributed by atoms with E-state index in [0.717, 1.165) is 0 Å². The Hall–Kier alpha value is -2.30. The highest BCUT2D eigenvalue weighted by molar-refractivity contribution is 5.71. The van der Waals surface area contributed by atoms with Crippen LogP contribution in [0.15, 0.2) is 43.0 Å². The van der Waals surface area contributed by atoms with E-state index in [9.17, 15) is 10.1 Å². The fraction of sp³-hybridized carbons (Fsp3) is 0. The molecule has 74 valence electrons. The van der Waals surface area contributed by atoms with Crippen molar-refractivity contribution >= 4 is 5.69 Å². The monoisotopic (exact) mass is 201 g/mol. The lowest BCUT2D eigenvalue weighted by Crippen LogP contribution is -1.92. The molecule has 0 bridgehead atoms. The molecule has 1 aromatic heterocycles. The summed E-state index contributed by atoms with van der Waals surface area (Å²) in [6, 6.07) is 6.51. The van der Waals surface area contributed by atoms with Crippen LogP contribution in [0.4, 0.5) is 5.69 Å². The van der Waals surface area contributed by atoms with Crippen molar-refractivity contribution in [2.45, 2.75) is 0 Å². The Labute approximate surface area is 85.6 Å². The van der Waals surface area contributed by atoms with Crippen molar-refractivity contribution in [1.29, 1.82) is 0 Å². The molecule has 0 fully saturated rings. The van der Waals surface area contributed by atoms with Gasteiger partial charge in [0.05, 0.1) is 10.5 Å². The number of nitro benzene ring substituents is 1. The molecular weight excluding hydrogens is 194 g/mol. The zero-order chi connectivity index (χ0) is 10.7. The predicted molar refractivity (Wildman–Crippen MR) is 54.1 cm³/mol. The van der Waals surface area contributed by atoms with Gasteiger partial charge in [-0.15, -0.1) is 0 Å². The van der Waals surface area contributed by atoms with E-state index in [1.165, 1.54) is 12.4 Å². The zero-order valence-electron chi connectivity index (χ0n) is 7.70. The first kappa shape index (κ1) is 9.26. The van der Waals surface area contributed by atoms with Gasteiger partial charge in [0.25, 0.3) is 5.69 Å². The smallest absolute Gasteiger partial charge is 0.258 e. The van der Waals surface area contributed by atoms with Gasteiger partial charge in [-0.2, -0.15) is 0 Å². The average Bonchev–Trinajstić information content (AvgIpc) is 2.30.